The highest BCUT2D eigenvalue weighted by atomic mass is 19.1. The number of hydrogen-bond donors (Lipinski definition) is 2. The number of amides is 2. The summed E-state index contributed by atoms with van der Waals surface area (Å²) in [6.45, 7) is 0.807. The minimum absolute atomic E-state index is 0.126. The van der Waals surface area contributed by atoms with Gasteiger partial charge in [-0.25, -0.2) is 14.2 Å². The molecule has 2 amide bonds. The fourth-order valence-corrected chi connectivity index (χ4v) is 2.98. The lowest BCUT2D eigenvalue weighted by Crippen LogP contribution is -2.41. The number of pyridine rings is 1. The Kier molecular flexibility index (Phi) is 5.44. The second-order valence-electron chi connectivity index (χ2n) is 6.30. The Balaban J connectivity index is 1.55. The smallest absolute Gasteiger partial charge is 0.354 e. The first kappa shape index (κ1) is 18.5. The molecule has 2 heterocycles. The van der Waals surface area contributed by atoms with Crippen LogP contribution in [0.15, 0.2) is 42.6 Å². The maximum atomic E-state index is 13.2. The topological polar surface area (TPSA) is 99.6 Å². The van der Waals surface area contributed by atoms with Crippen LogP contribution in [0, 0.1) is 11.7 Å². The number of carbonyl (C=O) groups excluding carboxylic acids is 2. The molecule has 140 valence electrons. The van der Waals surface area contributed by atoms with Gasteiger partial charge in [-0.05, 0) is 43.2 Å². The van der Waals surface area contributed by atoms with Crippen molar-refractivity contribution < 1.29 is 23.9 Å². The Bertz CT molecular complexity index is 862. The van der Waals surface area contributed by atoms with Gasteiger partial charge in [0.05, 0.1) is 5.56 Å². The highest BCUT2D eigenvalue weighted by Gasteiger charge is 2.28. The summed E-state index contributed by atoms with van der Waals surface area (Å²) in [6.07, 6.45) is 2.23. The van der Waals surface area contributed by atoms with Gasteiger partial charge < -0.3 is 15.3 Å². The summed E-state index contributed by atoms with van der Waals surface area (Å²) in [7, 11) is 0. The zero-order valence-corrected chi connectivity index (χ0v) is 14.4. The van der Waals surface area contributed by atoms with E-state index in [0.29, 0.717) is 37.2 Å². The zero-order valence-electron chi connectivity index (χ0n) is 14.4. The molecule has 0 atom stereocenters. The lowest BCUT2D eigenvalue weighted by Gasteiger charge is -2.31. The monoisotopic (exact) mass is 371 g/mol. The van der Waals surface area contributed by atoms with E-state index in [4.69, 9.17) is 5.11 Å². The largest absolute Gasteiger partial charge is 0.477 e. The molecule has 0 unspecified atom stereocenters. The van der Waals surface area contributed by atoms with Crippen LogP contribution in [0.1, 0.15) is 33.7 Å². The molecule has 8 heteroatoms. The van der Waals surface area contributed by atoms with Crippen molar-refractivity contribution in [3.05, 3.63) is 59.7 Å². The van der Waals surface area contributed by atoms with Gasteiger partial charge in [-0.2, -0.15) is 0 Å². The molecule has 0 saturated carbocycles. The molecule has 2 N–H and O–H groups in total. The van der Waals surface area contributed by atoms with E-state index in [1.165, 1.54) is 36.5 Å². The molecule has 1 aromatic carbocycles. The number of carbonyl (C=O) groups is 3. The number of halogens is 1. The van der Waals surface area contributed by atoms with E-state index in [-0.39, 0.29) is 23.4 Å². The summed E-state index contributed by atoms with van der Waals surface area (Å²) in [4.78, 5) is 41.0. The van der Waals surface area contributed by atoms with Gasteiger partial charge in [0.1, 0.15) is 11.5 Å². The Morgan fingerprint density at radius 3 is 2.48 bits per heavy atom. The van der Waals surface area contributed by atoms with Crippen LogP contribution in [0.25, 0.3) is 0 Å². The Morgan fingerprint density at radius 2 is 1.89 bits per heavy atom. The molecule has 3 rings (SSSR count). The zero-order chi connectivity index (χ0) is 19.4. The van der Waals surface area contributed by atoms with Crippen molar-refractivity contribution in [1.29, 1.82) is 0 Å². The van der Waals surface area contributed by atoms with Crippen molar-refractivity contribution in [3.8, 4) is 0 Å². The van der Waals surface area contributed by atoms with Crippen molar-refractivity contribution in [1.82, 2.24) is 9.88 Å². The van der Waals surface area contributed by atoms with Gasteiger partial charge in [0.25, 0.3) is 5.91 Å². The summed E-state index contributed by atoms with van der Waals surface area (Å²) in [6, 6.07) is 8.42. The highest BCUT2D eigenvalue weighted by Crippen LogP contribution is 2.21. The van der Waals surface area contributed by atoms with Gasteiger partial charge in [-0.3, -0.25) is 9.59 Å². The molecule has 2 aromatic rings. The number of aromatic carboxylic acids is 1. The summed E-state index contributed by atoms with van der Waals surface area (Å²) < 4.78 is 13.2. The van der Waals surface area contributed by atoms with E-state index >= 15 is 0 Å². The first-order valence-corrected chi connectivity index (χ1v) is 8.49. The molecule has 0 bridgehead atoms. The van der Waals surface area contributed by atoms with Crippen molar-refractivity contribution in [2.24, 2.45) is 5.92 Å². The summed E-state index contributed by atoms with van der Waals surface area (Å²) in [5.41, 5.74) is 0.588. The maximum absolute atomic E-state index is 13.2. The number of nitrogens with one attached hydrogen (secondary N) is 1. The van der Waals surface area contributed by atoms with Gasteiger partial charge in [0.2, 0.25) is 5.91 Å². The van der Waals surface area contributed by atoms with Crippen LogP contribution in [0.4, 0.5) is 10.1 Å². The van der Waals surface area contributed by atoms with Crippen LogP contribution < -0.4 is 5.32 Å². The van der Waals surface area contributed by atoms with Crippen LogP contribution in [-0.2, 0) is 4.79 Å². The fourth-order valence-electron chi connectivity index (χ4n) is 2.98. The number of nitrogens with zero attached hydrogens (tertiary/aromatic N) is 2. The van der Waals surface area contributed by atoms with Crippen molar-refractivity contribution >= 4 is 23.5 Å². The van der Waals surface area contributed by atoms with E-state index in [9.17, 15) is 18.8 Å². The summed E-state index contributed by atoms with van der Waals surface area (Å²) in [5, 5.41) is 11.5. The molecule has 1 fully saturated rings. The predicted molar refractivity (Wildman–Crippen MR) is 94.9 cm³/mol. The maximum Gasteiger partial charge on any atom is 0.354 e. The van der Waals surface area contributed by atoms with Crippen molar-refractivity contribution in [2.75, 3.05) is 18.4 Å². The van der Waals surface area contributed by atoms with Gasteiger partial charge in [0, 0.05) is 30.9 Å². The second-order valence-corrected chi connectivity index (χ2v) is 6.30. The third kappa shape index (κ3) is 4.46. The van der Waals surface area contributed by atoms with Gasteiger partial charge in [0.15, 0.2) is 0 Å². The molecular weight excluding hydrogens is 353 g/mol. The molecule has 27 heavy (non-hydrogen) atoms. The number of aromatic nitrogens is 1. The third-order valence-corrected chi connectivity index (χ3v) is 4.47. The molecule has 1 aromatic heterocycles. The summed E-state index contributed by atoms with van der Waals surface area (Å²) >= 11 is 0. The number of carboxylic acids is 1. The number of hydrogen-bond acceptors (Lipinski definition) is 4. The Labute approximate surface area is 154 Å². The van der Waals surface area contributed by atoms with Crippen molar-refractivity contribution in [3.63, 3.8) is 0 Å². The molecule has 1 saturated heterocycles. The molecule has 0 spiro atoms. The van der Waals surface area contributed by atoms with E-state index in [0.717, 1.165) is 0 Å². The molecule has 0 aliphatic carbocycles. The average Bonchev–Trinajstić information content (AvgIpc) is 2.67. The fraction of sp³-hybridized carbons (Fsp3) is 0.263. The van der Waals surface area contributed by atoms with E-state index in [1.54, 1.807) is 11.0 Å². The molecular formula is C19H18FN3O4. The van der Waals surface area contributed by atoms with E-state index in [1.807, 2.05) is 0 Å². The number of piperidine rings is 1. The highest BCUT2D eigenvalue weighted by molar-refractivity contribution is 5.96. The Morgan fingerprint density at radius 1 is 1.15 bits per heavy atom. The van der Waals surface area contributed by atoms with Gasteiger partial charge >= 0.3 is 5.97 Å². The molecule has 1 aliphatic rings. The van der Waals surface area contributed by atoms with Crippen molar-refractivity contribution in [2.45, 2.75) is 12.8 Å². The van der Waals surface area contributed by atoms with E-state index in [2.05, 4.69) is 10.3 Å². The second kappa shape index (κ2) is 7.94. The number of anilines is 1. The quantitative estimate of drug-likeness (QED) is 0.860. The van der Waals surface area contributed by atoms with Crippen LogP contribution >= 0.6 is 0 Å². The number of likely N-dealkylation sites (tertiary alicyclic amines) is 1. The first-order chi connectivity index (χ1) is 12.9. The minimum Gasteiger partial charge on any atom is -0.477 e. The average molecular weight is 371 g/mol. The molecule has 7 nitrogen and oxygen atoms in total. The van der Waals surface area contributed by atoms with Crippen LogP contribution in [0.2, 0.25) is 0 Å². The van der Waals surface area contributed by atoms with Crippen LogP contribution in [-0.4, -0.2) is 45.9 Å². The minimum atomic E-state index is -1.15. The third-order valence-electron chi connectivity index (χ3n) is 4.47. The van der Waals surface area contributed by atoms with Gasteiger partial charge in [-0.1, -0.05) is 6.07 Å². The van der Waals surface area contributed by atoms with Crippen LogP contribution in [0.5, 0.6) is 0 Å². The van der Waals surface area contributed by atoms with Gasteiger partial charge in [-0.15, -0.1) is 0 Å². The number of benzene rings is 1. The lowest BCUT2D eigenvalue weighted by molar-refractivity contribution is -0.121. The standard InChI is InChI=1S/C19H18FN3O4/c20-14-2-1-3-15(10-14)22-17(24)12-6-8-23(9-7-12)18(25)13-4-5-16(19(26)27)21-11-13/h1-5,10-12H,6-9H2,(H,22,24)(H,26,27). The normalized spacial score (nSPS) is 14.6. The molecule has 0 radical (unpaired) electrons. The Hall–Kier alpha value is -3.29. The summed E-state index contributed by atoms with van der Waals surface area (Å²) in [5.74, 6) is -2.27. The number of carboxylic acid groups (broad SMARTS) is 1. The van der Waals surface area contributed by atoms with E-state index < -0.39 is 11.8 Å². The lowest BCUT2D eigenvalue weighted by atomic mass is 9.95. The number of rotatable bonds is 4. The molecule has 1 aliphatic heterocycles. The van der Waals surface area contributed by atoms with Crippen LogP contribution in [0.3, 0.4) is 0 Å². The first-order valence-electron chi connectivity index (χ1n) is 8.49. The predicted octanol–water partition coefficient (Wildman–Crippen LogP) is 2.41. The SMILES string of the molecule is O=C(O)c1ccc(C(=O)N2CCC(C(=O)Nc3cccc(F)c3)CC2)cn1.